The molecular weight excluding hydrogens is 448 g/mol. The minimum Gasteiger partial charge on any atom is -0.467 e. The number of hydrogen-bond acceptors (Lipinski definition) is 6. The highest BCUT2D eigenvalue weighted by molar-refractivity contribution is 7.98. The van der Waals surface area contributed by atoms with Gasteiger partial charge in [-0.2, -0.15) is 0 Å². The lowest BCUT2D eigenvalue weighted by Crippen LogP contribution is -2.23. The van der Waals surface area contributed by atoms with Crippen molar-refractivity contribution in [1.82, 2.24) is 9.55 Å². The summed E-state index contributed by atoms with van der Waals surface area (Å²) < 4.78 is 12.4. The Balaban J connectivity index is 1.59. The average Bonchev–Trinajstić information content (AvgIpc) is 3.29. The van der Waals surface area contributed by atoms with E-state index in [1.165, 1.54) is 17.8 Å². The lowest BCUT2D eigenvalue weighted by atomic mass is 10.1. The Morgan fingerprint density at radius 2 is 1.91 bits per heavy atom. The van der Waals surface area contributed by atoms with Crippen LogP contribution in [-0.4, -0.2) is 9.55 Å². The Bertz CT molecular complexity index is 1570. The molecule has 0 saturated carbocycles. The van der Waals surface area contributed by atoms with Crippen LogP contribution in [0.15, 0.2) is 84.4 Å². The van der Waals surface area contributed by atoms with Gasteiger partial charge >= 0.3 is 5.63 Å². The first-order chi connectivity index (χ1) is 15.5. The number of benzene rings is 2. The number of thioether (sulfide) groups is 1. The Hall–Kier alpha value is -3.29. The lowest BCUT2D eigenvalue weighted by molar-refractivity contribution is 0.476. The third kappa shape index (κ3) is 3.85. The fourth-order valence-electron chi connectivity index (χ4n) is 3.57. The Kier molecular flexibility index (Phi) is 5.36. The maximum absolute atomic E-state index is 13.2. The van der Waals surface area contributed by atoms with Gasteiger partial charge in [0, 0.05) is 22.2 Å². The number of halogens is 1. The number of aromatic nitrogens is 2. The van der Waals surface area contributed by atoms with Crippen molar-refractivity contribution in [3.05, 3.63) is 104 Å². The highest BCUT2D eigenvalue weighted by atomic mass is 35.5. The second-order valence-corrected chi connectivity index (χ2v) is 8.71. The number of aryl methyl sites for hydroxylation is 1. The van der Waals surface area contributed by atoms with Crippen molar-refractivity contribution in [3.63, 3.8) is 0 Å². The molecule has 0 radical (unpaired) electrons. The lowest BCUT2D eigenvalue weighted by Gasteiger charge is -2.13. The molecule has 0 aliphatic heterocycles. The first-order valence-corrected chi connectivity index (χ1v) is 11.2. The molecule has 0 saturated heterocycles. The van der Waals surface area contributed by atoms with Crippen molar-refractivity contribution < 1.29 is 8.83 Å². The fourth-order valence-corrected chi connectivity index (χ4v) is 4.72. The van der Waals surface area contributed by atoms with E-state index in [-0.39, 0.29) is 12.1 Å². The van der Waals surface area contributed by atoms with Crippen molar-refractivity contribution in [3.8, 4) is 0 Å². The largest absolute Gasteiger partial charge is 0.467 e. The molecule has 5 aromatic rings. The molecule has 2 aromatic carbocycles. The molecule has 0 amide bonds. The van der Waals surface area contributed by atoms with E-state index < -0.39 is 5.63 Å². The molecule has 32 heavy (non-hydrogen) atoms. The van der Waals surface area contributed by atoms with Gasteiger partial charge < -0.3 is 8.83 Å². The number of nitrogens with zero attached hydrogens (tertiary/aromatic N) is 2. The van der Waals surface area contributed by atoms with Gasteiger partial charge in [0.25, 0.3) is 5.56 Å². The zero-order chi connectivity index (χ0) is 22.2. The van der Waals surface area contributed by atoms with Crippen LogP contribution < -0.4 is 11.2 Å². The summed E-state index contributed by atoms with van der Waals surface area (Å²) in [7, 11) is 0. The van der Waals surface area contributed by atoms with Crippen LogP contribution in [-0.2, 0) is 12.3 Å². The molecule has 0 N–H and O–H groups in total. The van der Waals surface area contributed by atoms with Gasteiger partial charge in [0.15, 0.2) is 5.16 Å². The van der Waals surface area contributed by atoms with Gasteiger partial charge in [-0.1, -0.05) is 35.5 Å². The van der Waals surface area contributed by atoms with Crippen LogP contribution in [0.25, 0.3) is 21.9 Å². The topological polar surface area (TPSA) is 78.2 Å². The highest BCUT2D eigenvalue weighted by Gasteiger charge is 2.15. The molecule has 0 fully saturated rings. The van der Waals surface area contributed by atoms with E-state index >= 15 is 0 Å². The van der Waals surface area contributed by atoms with Gasteiger partial charge in [-0.05, 0) is 54.4 Å². The van der Waals surface area contributed by atoms with Crippen LogP contribution in [0.4, 0.5) is 0 Å². The van der Waals surface area contributed by atoms with Crippen LogP contribution in [0.1, 0.15) is 16.9 Å². The number of hydrogen-bond donors (Lipinski definition) is 0. The predicted octanol–water partition coefficient (Wildman–Crippen LogP) is 5.40. The summed E-state index contributed by atoms with van der Waals surface area (Å²) in [6, 6.07) is 15.8. The third-order valence-electron chi connectivity index (χ3n) is 5.19. The van der Waals surface area contributed by atoms with Gasteiger partial charge in [-0.25, -0.2) is 9.78 Å². The monoisotopic (exact) mass is 464 g/mol. The Labute approximate surface area is 191 Å². The number of furan rings is 1. The maximum atomic E-state index is 13.2. The average molecular weight is 465 g/mol. The molecular formula is C24H17ClN2O4S. The van der Waals surface area contributed by atoms with E-state index in [1.807, 2.05) is 31.2 Å². The van der Waals surface area contributed by atoms with E-state index in [9.17, 15) is 9.59 Å². The molecule has 0 spiro atoms. The van der Waals surface area contributed by atoms with Gasteiger partial charge in [0.2, 0.25) is 0 Å². The smallest absolute Gasteiger partial charge is 0.336 e. The molecule has 3 heterocycles. The zero-order valence-corrected chi connectivity index (χ0v) is 18.6. The number of para-hydroxylation sites is 1. The summed E-state index contributed by atoms with van der Waals surface area (Å²) in [5, 5.41) is 2.42. The summed E-state index contributed by atoms with van der Waals surface area (Å²) >= 11 is 7.68. The van der Waals surface area contributed by atoms with Crippen LogP contribution >= 0.6 is 23.4 Å². The highest BCUT2D eigenvalue weighted by Crippen LogP contribution is 2.29. The Morgan fingerprint density at radius 1 is 1.06 bits per heavy atom. The van der Waals surface area contributed by atoms with E-state index in [4.69, 9.17) is 25.4 Å². The van der Waals surface area contributed by atoms with E-state index in [2.05, 4.69) is 0 Å². The molecule has 160 valence electrons. The first-order valence-electron chi connectivity index (χ1n) is 9.87. The van der Waals surface area contributed by atoms with Crippen LogP contribution in [0, 0.1) is 6.92 Å². The summed E-state index contributed by atoms with van der Waals surface area (Å²) in [6.07, 6.45) is 1.57. The Morgan fingerprint density at radius 3 is 2.72 bits per heavy atom. The molecule has 8 heteroatoms. The van der Waals surface area contributed by atoms with Crippen molar-refractivity contribution in [2.45, 2.75) is 24.4 Å². The molecule has 0 bridgehead atoms. The quantitative estimate of drug-likeness (QED) is 0.197. The maximum Gasteiger partial charge on any atom is 0.336 e. The van der Waals surface area contributed by atoms with Gasteiger partial charge in [0.1, 0.15) is 11.3 Å². The zero-order valence-electron chi connectivity index (χ0n) is 17.0. The van der Waals surface area contributed by atoms with E-state index in [1.54, 1.807) is 35.1 Å². The van der Waals surface area contributed by atoms with E-state index in [0.29, 0.717) is 38.2 Å². The molecule has 0 aliphatic rings. The van der Waals surface area contributed by atoms with Crippen molar-refractivity contribution in [2.24, 2.45) is 0 Å². The van der Waals surface area contributed by atoms with Gasteiger partial charge in [-0.15, -0.1) is 0 Å². The molecule has 6 nitrogen and oxygen atoms in total. The standard InChI is InChI=1S/C24H17ClN2O4S/c1-14-9-21-18(11-19(14)25)15(10-22(28)31-21)13-32-24-26-20-7-3-2-6-17(20)23(29)27(24)12-16-5-4-8-30-16/h2-11H,12-13H2,1H3. The molecule has 0 unspecified atom stereocenters. The minimum absolute atomic E-state index is 0.148. The van der Waals surface area contributed by atoms with Crippen molar-refractivity contribution in [2.75, 3.05) is 0 Å². The normalized spacial score (nSPS) is 11.4. The van der Waals surface area contributed by atoms with Crippen molar-refractivity contribution >= 4 is 45.2 Å². The molecule has 5 rings (SSSR count). The molecule has 3 aromatic heterocycles. The second-order valence-electron chi connectivity index (χ2n) is 7.36. The second kappa shape index (κ2) is 8.33. The minimum atomic E-state index is -0.436. The predicted molar refractivity (Wildman–Crippen MR) is 126 cm³/mol. The summed E-state index contributed by atoms with van der Waals surface area (Å²) in [6.45, 7) is 2.12. The molecule has 0 atom stereocenters. The first kappa shape index (κ1) is 20.6. The summed E-state index contributed by atoms with van der Waals surface area (Å²) in [5.74, 6) is 1.06. The van der Waals surface area contributed by atoms with Crippen LogP contribution in [0.2, 0.25) is 5.02 Å². The van der Waals surface area contributed by atoms with Gasteiger partial charge in [-0.3, -0.25) is 9.36 Å². The fraction of sp³-hybridized carbons (Fsp3) is 0.125. The summed E-state index contributed by atoms with van der Waals surface area (Å²) in [4.78, 5) is 30.1. The van der Waals surface area contributed by atoms with Crippen molar-refractivity contribution in [1.29, 1.82) is 0 Å². The third-order valence-corrected chi connectivity index (χ3v) is 6.62. The van der Waals surface area contributed by atoms with E-state index in [0.717, 1.165) is 16.5 Å². The van der Waals surface area contributed by atoms with Gasteiger partial charge in [0.05, 0.1) is 23.7 Å². The molecule has 0 aliphatic carbocycles. The SMILES string of the molecule is Cc1cc2oc(=O)cc(CSc3nc4ccccc4c(=O)n3Cc3ccco3)c2cc1Cl. The number of fused-ring (bicyclic) bond motifs is 2. The summed E-state index contributed by atoms with van der Waals surface area (Å²) in [5.41, 5.74) is 2.10. The van der Waals surface area contributed by atoms with Crippen LogP contribution in [0.5, 0.6) is 0 Å². The number of rotatable bonds is 5. The van der Waals surface area contributed by atoms with Crippen LogP contribution in [0.3, 0.4) is 0 Å².